The third kappa shape index (κ3) is 2.30. The molecule has 0 fully saturated rings. The smallest absolute Gasteiger partial charge is 0.119 e. The fraction of sp³-hybridized carbons (Fsp3) is 0.0952. The van der Waals surface area contributed by atoms with E-state index in [4.69, 9.17) is 0 Å². The molecule has 0 saturated carbocycles. The molecule has 0 bridgehead atoms. The lowest BCUT2D eigenvalue weighted by Gasteiger charge is -2.12. The number of pyridine rings is 1. The van der Waals surface area contributed by atoms with E-state index in [1.807, 2.05) is 48.0 Å². The van der Waals surface area contributed by atoms with Crippen LogP contribution in [0.15, 0.2) is 67.4 Å². The van der Waals surface area contributed by atoms with Crippen LogP contribution in [-0.4, -0.2) is 14.7 Å². The summed E-state index contributed by atoms with van der Waals surface area (Å²) in [6.45, 7) is 6.33. The summed E-state index contributed by atoms with van der Waals surface area (Å²) in [5.41, 5.74) is 6.16. The fourth-order valence-corrected chi connectivity index (χ4v) is 3.22. The number of benzene rings is 2. The van der Waals surface area contributed by atoms with Crippen molar-refractivity contribution in [1.82, 2.24) is 9.55 Å². The lowest BCUT2D eigenvalue weighted by molar-refractivity contribution is 0.215. The average molecular weight is 314 g/mol. The summed E-state index contributed by atoms with van der Waals surface area (Å²) in [5.74, 6) is 0. The number of fused-ring (bicyclic) bond motifs is 2. The van der Waals surface area contributed by atoms with E-state index in [1.165, 1.54) is 0 Å². The summed E-state index contributed by atoms with van der Waals surface area (Å²) in [4.78, 5) is 4.60. The van der Waals surface area contributed by atoms with Crippen LogP contribution in [0, 0.1) is 6.92 Å². The third-order valence-electron chi connectivity index (χ3n) is 4.44. The highest BCUT2D eigenvalue weighted by Gasteiger charge is 2.10. The van der Waals surface area contributed by atoms with Crippen LogP contribution in [0.3, 0.4) is 0 Å². The summed E-state index contributed by atoms with van der Waals surface area (Å²) in [5, 5.41) is 11.6. The number of para-hydroxylation sites is 1. The Kier molecular flexibility index (Phi) is 3.44. The minimum absolute atomic E-state index is 0.0159. The molecule has 0 saturated heterocycles. The van der Waals surface area contributed by atoms with Crippen molar-refractivity contribution >= 4 is 27.4 Å². The summed E-state index contributed by atoms with van der Waals surface area (Å²) in [6.07, 6.45) is 1.89. The average Bonchev–Trinajstić information content (AvgIpc) is 3.02. The van der Waals surface area contributed by atoms with Crippen molar-refractivity contribution in [3.63, 3.8) is 0 Å². The van der Waals surface area contributed by atoms with Gasteiger partial charge in [-0.2, -0.15) is 0 Å². The standard InChI is InChI=1S/C21H18N2O/c1-14-11-19(18-5-3-4-6-20(18)22-14)15(2)16-7-8-21-17(12-16)9-10-23(21)13-24/h3-12,24H,2,13H2,1H3. The van der Waals surface area contributed by atoms with E-state index in [2.05, 4.69) is 35.8 Å². The van der Waals surface area contributed by atoms with Crippen LogP contribution < -0.4 is 0 Å². The molecule has 0 atom stereocenters. The number of rotatable bonds is 3. The third-order valence-corrected chi connectivity index (χ3v) is 4.44. The Morgan fingerprint density at radius 3 is 2.79 bits per heavy atom. The maximum atomic E-state index is 9.37. The molecule has 0 unspecified atom stereocenters. The molecule has 0 radical (unpaired) electrons. The number of hydrogen-bond acceptors (Lipinski definition) is 2. The first-order valence-corrected chi connectivity index (χ1v) is 7.93. The van der Waals surface area contributed by atoms with Gasteiger partial charge >= 0.3 is 0 Å². The predicted molar refractivity (Wildman–Crippen MR) is 98.8 cm³/mol. The normalized spacial score (nSPS) is 11.2. The summed E-state index contributed by atoms with van der Waals surface area (Å²) >= 11 is 0. The van der Waals surface area contributed by atoms with Crippen molar-refractivity contribution in [2.75, 3.05) is 0 Å². The molecule has 0 aliphatic heterocycles. The van der Waals surface area contributed by atoms with Gasteiger partial charge in [-0.25, -0.2) is 0 Å². The summed E-state index contributed by atoms with van der Waals surface area (Å²) in [6, 6.07) is 18.5. The maximum Gasteiger partial charge on any atom is 0.119 e. The van der Waals surface area contributed by atoms with Gasteiger partial charge in [-0.1, -0.05) is 30.8 Å². The Morgan fingerprint density at radius 2 is 1.96 bits per heavy atom. The minimum Gasteiger partial charge on any atom is -0.376 e. The molecule has 118 valence electrons. The number of aliphatic hydroxyl groups excluding tert-OH is 1. The Hall–Kier alpha value is -2.91. The Balaban J connectivity index is 1.87. The van der Waals surface area contributed by atoms with Crippen LogP contribution in [0.25, 0.3) is 27.4 Å². The fourth-order valence-electron chi connectivity index (χ4n) is 3.22. The zero-order valence-electron chi connectivity index (χ0n) is 13.5. The lowest BCUT2D eigenvalue weighted by atomic mass is 9.95. The predicted octanol–water partition coefficient (Wildman–Crippen LogP) is 4.51. The van der Waals surface area contributed by atoms with Crippen molar-refractivity contribution in [1.29, 1.82) is 0 Å². The molecular formula is C21H18N2O. The highest BCUT2D eigenvalue weighted by atomic mass is 16.3. The van der Waals surface area contributed by atoms with E-state index in [9.17, 15) is 5.11 Å². The van der Waals surface area contributed by atoms with Crippen molar-refractivity contribution in [2.24, 2.45) is 0 Å². The van der Waals surface area contributed by atoms with Crippen molar-refractivity contribution in [2.45, 2.75) is 13.7 Å². The first kappa shape index (κ1) is 14.7. The molecule has 0 aliphatic carbocycles. The zero-order chi connectivity index (χ0) is 16.7. The Morgan fingerprint density at radius 1 is 1.12 bits per heavy atom. The number of hydrogen-bond donors (Lipinski definition) is 1. The summed E-state index contributed by atoms with van der Waals surface area (Å²) in [7, 11) is 0. The molecule has 3 heteroatoms. The van der Waals surface area contributed by atoms with Gasteiger partial charge in [-0.3, -0.25) is 4.98 Å². The van der Waals surface area contributed by atoms with Crippen LogP contribution in [0.2, 0.25) is 0 Å². The molecule has 0 aliphatic rings. The van der Waals surface area contributed by atoms with E-state index in [1.54, 1.807) is 0 Å². The zero-order valence-corrected chi connectivity index (χ0v) is 13.5. The van der Waals surface area contributed by atoms with Gasteiger partial charge < -0.3 is 9.67 Å². The molecule has 2 heterocycles. The number of aromatic nitrogens is 2. The van der Waals surface area contributed by atoms with Crippen molar-refractivity contribution < 1.29 is 5.11 Å². The molecular weight excluding hydrogens is 296 g/mol. The first-order chi connectivity index (χ1) is 11.7. The number of aliphatic hydroxyl groups is 1. The largest absolute Gasteiger partial charge is 0.376 e. The second kappa shape index (κ2) is 5.62. The van der Waals surface area contributed by atoms with E-state index in [0.29, 0.717) is 0 Å². The van der Waals surface area contributed by atoms with Crippen molar-refractivity contribution in [3.05, 3.63) is 84.2 Å². The van der Waals surface area contributed by atoms with Gasteiger partial charge in [0.25, 0.3) is 0 Å². The molecule has 0 amide bonds. The Labute approximate surface area is 140 Å². The van der Waals surface area contributed by atoms with Crippen LogP contribution in [0.5, 0.6) is 0 Å². The molecule has 2 aromatic carbocycles. The van der Waals surface area contributed by atoms with Crippen molar-refractivity contribution in [3.8, 4) is 0 Å². The van der Waals surface area contributed by atoms with Crippen LogP contribution in [0.4, 0.5) is 0 Å². The van der Waals surface area contributed by atoms with Gasteiger partial charge in [-0.15, -0.1) is 0 Å². The quantitative estimate of drug-likeness (QED) is 0.604. The molecule has 3 nitrogen and oxygen atoms in total. The number of aryl methyl sites for hydroxylation is 1. The second-order valence-electron chi connectivity index (χ2n) is 6.01. The molecule has 4 aromatic rings. The molecule has 4 rings (SSSR count). The highest BCUT2D eigenvalue weighted by Crippen LogP contribution is 2.30. The topological polar surface area (TPSA) is 38.0 Å². The number of nitrogens with zero attached hydrogens (tertiary/aromatic N) is 2. The van der Waals surface area contributed by atoms with E-state index >= 15 is 0 Å². The molecule has 24 heavy (non-hydrogen) atoms. The second-order valence-corrected chi connectivity index (χ2v) is 6.01. The summed E-state index contributed by atoms with van der Waals surface area (Å²) < 4.78 is 1.81. The van der Waals surface area contributed by atoms with Crippen LogP contribution in [0.1, 0.15) is 16.8 Å². The molecule has 1 N–H and O–H groups in total. The first-order valence-electron chi connectivity index (χ1n) is 7.93. The van der Waals surface area contributed by atoms with Gasteiger partial charge in [0, 0.05) is 28.2 Å². The van der Waals surface area contributed by atoms with Gasteiger partial charge in [0.05, 0.1) is 5.52 Å². The minimum atomic E-state index is -0.0159. The maximum absolute atomic E-state index is 9.37. The molecule has 2 aromatic heterocycles. The van der Waals surface area contributed by atoms with E-state index in [0.717, 1.165) is 44.2 Å². The van der Waals surface area contributed by atoms with Gasteiger partial charge in [0.1, 0.15) is 6.73 Å². The van der Waals surface area contributed by atoms with E-state index < -0.39 is 0 Å². The lowest BCUT2D eigenvalue weighted by Crippen LogP contribution is -1.95. The van der Waals surface area contributed by atoms with Gasteiger partial charge in [0.15, 0.2) is 0 Å². The molecule has 0 spiro atoms. The highest BCUT2D eigenvalue weighted by molar-refractivity contribution is 5.97. The van der Waals surface area contributed by atoms with Crippen LogP contribution >= 0.6 is 0 Å². The van der Waals surface area contributed by atoms with Gasteiger partial charge in [-0.05, 0) is 54.0 Å². The Bertz CT molecular complexity index is 1080. The van der Waals surface area contributed by atoms with Crippen LogP contribution in [-0.2, 0) is 6.73 Å². The monoisotopic (exact) mass is 314 g/mol. The van der Waals surface area contributed by atoms with Gasteiger partial charge in [0.2, 0.25) is 0 Å². The van der Waals surface area contributed by atoms with E-state index in [-0.39, 0.29) is 6.73 Å². The SMILES string of the molecule is C=C(c1ccc2c(ccn2CO)c1)c1cc(C)nc2ccccc12.